The van der Waals surface area contributed by atoms with Gasteiger partial charge in [-0.05, 0) is 23.8 Å². The number of carbonyl (C=O) groups is 1. The molecule has 0 amide bonds. The van der Waals surface area contributed by atoms with Gasteiger partial charge in [0.05, 0.1) is 7.11 Å². The lowest BCUT2D eigenvalue weighted by Gasteiger charge is -2.08. The van der Waals surface area contributed by atoms with E-state index in [1.807, 2.05) is 24.3 Å². The molecule has 1 atom stereocenters. The standard InChI is InChI=1S/C11H10O3/c1-13-9-4-2-8(3-5-9)10-6-7-11(12)14-10/h2-7,10H,1H3/t10-/m1/s1. The number of cyclic esters (lactones) is 1. The maximum atomic E-state index is 10.8. The summed E-state index contributed by atoms with van der Waals surface area (Å²) in [5, 5.41) is 0. The zero-order valence-corrected chi connectivity index (χ0v) is 7.77. The van der Waals surface area contributed by atoms with Gasteiger partial charge in [-0.2, -0.15) is 0 Å². The van der Waals surface area contributed by atoms with E-state index in [0.29, 0.717) is 0 Å². The summed E-state index contributed by atoms with van der Waals surface area (Å²) < 4.78 is 10.1. The van der Waals surface area contributed by atoms with Crippen LogP contribution in [0.2, 0.25) is 0 Å². The molecule has 3 nitrogen and oxygen atoms in total. The highest BCUT2D eigenvalue weighted by atomic mass is 16.5. The molecule has 0 saturated carbocycles. The molecule has 2 rings (SSSR count). The molecular formula is C11H10O3. The fourth-order valence-electron chi connectivity index (χ4n) is 1.34. The zero-order valence-electron chi connectivity index (χ0n) is 7.77. The predicted octanol–water partition coefficient (Wildman–Crippen LogP) is 1.85. The average molecular weight is 190 g/mol. The second kappa shape index (κ2) is 3.54. The van der Waals surface area contributed by atoms with Crippen molar-refractivity contribution in [1.29, 1.82) is 0 Å². The second-order valence-electron chi connectivity index (χ2n) is 2.99. The number of methoxy groups -OCH3 is 1. The van der Waals surface area contributed by atoms with Gasteiger partial charge in [0.2, 0.25) is 0 Å². The van der Waals surface area contributed by atoms with Gasteiger partial charge in [0.15, 0.2) is 0 Å². The van der Waals surface area contributed by atoms with Crippen LogP contribution >= 0.6 is 0 Å². The summed E-state index contributed by atoms with van der Waals surface area (Å²) >= 11 is 0. The summed E-state index contributed by atoms with van der Waals surface area (Å²) in [5.74, 6) is 0.507. The second-order valence-corrected chi connectivity index (χ2v) is 2.99. The first-order valence-electron chi connectivity index (χ1n) is 4.32. The van der Waals surface area contributed by atoms with Crippen LogP contribution in [-0.2, 0) is 9.53 Å². The van der Waals surface area contributed by atoms with Gasteiger partial charge in [-0.1, -0.05) is 12.1 Å². The van der Waals surface area contributed by atoms with Crippen LogP contribution < -0.4 is 4.74 Å². The normalized spacial score (nSPS) is 19.5. The molecule has 1 aromatic carbocycles. The summed E-state index contributed by atoms with van der Waals surface area (Å²) in [4.78, 5) is 10.8. The van der Waals surface area contributed by atoms with Crippen LogP contribution in [0.5, 0.6) is 5.75 Å². The number of hydrogen-bond donors (Lipinski definition) is 0. The minimum atomic E-state index is -0.286. The van der Waals surface area contributed by atoms with Gasteiger partial charge in [0.25, 0.3) is 0 Å². The Hall–Kier alpha value is -1.77. The molecule has 1 aliphatic rings. The topological polar surface area (TPSA) is 35.5 Å². The van der Waals surface area contributed by atoms with Crippen molar-refractivity contribution in [3.05, 3.63) is 42.0 Å². The van der Waals surface area contributed by atoms with Crippen molar-refractivity contribution >= 4 is 5.97 Å². The molecule has 0 fully saturated rings. The van der Waals surface area contributed by atoms with Crippen molar-refractivity contribution in [2.45, 2.75) is 6.10 Å². The van der Waals surface area contributed by atoms with Crippen molar-refractivity contribution < 1.29 is 14.3 Å². The Morgan fingerprint density at radius 2 is 2.00 bits per heavy atom. The van der Waals surface area contributed by atoms with E-state index < -0.39 is 0 Å². The number of benzene rings is 1. The Balaban J connectivity index is 2.17. The highest BCUT2D eigenvalue weighted by molar-refractivity contribution is 5.84. The van der Waals surface area contributed by atoms with E-state index in [2.05, 4.69) is 0 Å². The highest BCUT2D eigenvalue weighted by Crippen LogP contribution is 2.25. The lowest BCUT2D eigenvalue weighted by Crippen LogP contribution is -1.99. The van der Waals surface area contributed by atoms with Crippen LogP contribution in [0.4, 0.5) is 0 Å². The van der Waals surface area contributed by atoms with Crippen LogP contribution in [-0.4, -0.2) is 13.1 Å². The molecule has 0 aromatic heterocycles. The molecule has 0 bridgehead atoms. The Labute approximate surface area is 81.9 Å². The molecule has 0 radical (unpaired) electrons. The largest absolute Gasteiger partial charge is 0.497 e. The number of esters is 1. The van der Waals surface area contributed by atoms with Crippen LogP contribution in [0.25, 0.3) is 0 Å². The summed E-state index contributed by atoms with van der Waals surface area (Å²) in [6.45, 7) is 0. The van der Waals surface area contributed by atoms with Crippen LogP contribution in [0.3, 0.4) is 0 Å². The van der Waals surface area contributed by atoms with E-state index in [-0.39, 0.29) is 12.1 Å². The zero-order chi connectivity index (χ0) is 9.97. The molecule has 1 aromatic rings. The lowest BCUT2D eigenvalue weighted by molar-refractivity contribution is -0.138. The van der Waals surface area contributed by atoms with E-state index in [1.165, 1.54) is 6.08 Å². The molecule has 0 spiro atoms. The summed E-state index contributed by atoms with van der Waals surface area (Å²) in [5.41, 5.74) is 0.952. The third-order valence-electron chi connectivity index (χ3n) is 2.09. The fraction of sp³-hybridized carbons (Fsp3) is 0.182. The van der Waals surface area contributed by atoms with Gasteiger partial charge in [-0.3, -0.25) is 0 Å². The number of ether oxygens (including phenoxy) is 2. The molecule has 0 N–H and O–H groups in total. The van der Waals surface area contributed by atoms with Gasteiger partial charge in [-0.15, -0.1) is 0 Å². The monoisotopic (exact) mass is 190 g/mol. The summed E-state index contributed by atoms with van der Waals surface area (Å²) in [6, 6.07) is 7.45. The van der Waals surface area contributed by atoms with E-state index in [4.69, 9.17) is 9.47 Å². The first kappa shape index (κ1) is 8.81. The number of hydrogen-bond acceptors (Lipinski definition) is 3. The van der Waals surface area contributed by atoms with E-state index >= 15 is 0 Å². The average Bonchev–Trinajstić information content (AvgIpc) is 2.65. The van der Waals surface area contributed by atoms with Gasteiger partial charge in [0.1, 0.15) is 11.9 Å². The lowest BCUT2D eigenvalue weighted by atomic mass is 10.1. The van der Waals surface area contributed by atoms with Crippen molar-refractivity contribution in [2.24, 2.45) is 0 Å². The summed E-state index contributed by atoms with van der Waals surface area (Å²) in [6.07, 6.45) is 2.94. The molecule has 0 saturated heterocycles. The first-order chi connectivity index (χ1) is 6.79. The van der Waals surface area contributed by atoms with Crippen molar-refractivity contribution in [2.75, 3.05) is 7.11 Å². The Bertz CT molecular complexity index is 365. The molecule has 1 heterocycles. The Morgan fingerprint density at radius 3 is 2.50 bits per heavy atom. The smallest absolute Gasteiger partial charge is 0.331 e. The quantitative estimate of drug-likeness (QED) is 0.667. The van der Waals surface area contributed by atoms with E-state index in [1.54, 1.807) is 13.2 Å². The van der Waals surface area contributed by atoms with Gasteiger partial charge < -0.3 is 9.47 Å². The van der Waals surface area contributed by atoms with Gasteiger partial charge >= 0.3 is 5.97 Å². The fourth-order valence-corrected chi connectivity index (χ4v) is 1.34. The molecular weight excluding hydrogens is 180 g/mol. The minimum Gasteiger partial charge on any atom is -0.497 e. The third kappa shape index (κ3) is 1.62. The highest BCUT2D eigenvalue weighted by Gasteiger charge is 2.17. The Morgan fingerprint density at radius 1 is 1.29 bits per heavy atom. The molecule has 72 valence electrons. The van der Waals surface area contributed by atoms with Crippen molar-refractivity contribution in [3.8, 4) is 5.75 Å². The predicted molar refractivity (Wildman–Crippen MR) is 51.0 cm³/mol. The molecule has 14 heavy (non-hydrogen) atoms. The van der Waals surface area contributed by atoms with Crippen LogP contribution in [0, 0.1) is 0 Å². The van der Waals surface area contributed by atoms with Crippen molar-refractivity contribution in [3.63, 3.8) is 0 Å². The van der Waals surface area contributed by atoms with Crippen LogP contribution in [0.15, 0.2) is 36.4 Å². The first-order valence-corrected chi connectivity index (χ1v) is 4.32. The van der Waals surface area contributed by atoms with Crippen LogP contribution in [0.1, 0.15) is 11.7 Å². The molecule has 0 unspecified atom stereocenters. The minimum absolute atomic E-state index is 0.242. The molecule has 1 aliphatic heterocycles. The SMILES string of the molecule is COc1ccc([C@H]2C=CC(=O)O2)cc1. The third-order valence-corrected chi connectivity index (χ3v) is 2.09. The van der Waals surface area contributed by atoms with Gasteiger partial charge in [-0.25, -0.2) is 4.79 Å². The maximum Gasteiger partial charge on any atom is 0.331 e. The van der Waals surface area contributed by atoms with E-state index in [0.717, 1.165) is 11.3 Å². The molecule has 0 aliphatic carbocycles. The van der Waals surface area contributed by atoms with E-state index in [9.17, 15) is 4.79 Å². The van der Waals surface area contributed by atoms with Crippen molar-refractivity contribution in [1.82, 2.24) is 0 Å². The number of rotatable bonds is 2. The number of carbonyl (C=O) groups excluding carboxylic acids is 1. The summed E-state index contributed by atoms with van der Waals surface area (Å²) in [7, 11) is 1.62. The molecule has 3 heteroatoms. The van der Waals surface area contributed by atoms with Gasteiger partial charge in [0, 0.05) is 6.08 Å². The Kier molecular flexibility index (Phi) is 2.23. The maximum absolute atomic E-state index is 10.8.